The lowest BCUT2D eigenvalue weighted by molar-refractivity contribution is -0.696. The van der Waals surface area contributed by atoms with E-state index in [0.717, 1.165) is 17.3 Å². The summed E-state index contributed by atoms with van der Waals surface area (Å²) < 4.78 is 4.36. The van der Waals surface area contributed by atoms with Crippen LogP contribution in [0.1, 0.15) is 32.6 Å². The second-order valence-corrected chi connectivity index (χ2v) is 5.03. The van der Waals surface area contributed by atoms with E-state index in [2.05, 4.69) is 34.8 Å². The van der Waals surface area contributed by atoms with Gasteiger partial charge in [0.15, 0.2) is 0 Å². The summed E-state index contributed by atoms with van der Waals surface area (Å²) in [7, 11) is 0. The van der Waals surface area contributed by atoms with Crippen LogP contribution in [0.25, 0.3) is 5.69 Å². The van der Waals surface area contributed by atoms with Gasteiger partial charge in [0.05, 0.1) is 6.54 Å². The summed E-state index contributed by atoms with van der Waals surface area (Å²) in [5.41, 5.74) is 1.15. The Morgan fingerprint density at radius 3 is 2.53 bits per heavy atom. The zero-order valence-corrected chi connectivity index (χ0v) is 13.6. The number of nitrogens with zero attached hydrogens (tertiary/aromatic N) is 2. The zero-order valence-electron chi connectivity index (χ0n) is 11.2. The largest absolute Gasteiger partial charge is 1.00 e. The lowest BCUT2D eigenvalue weighted by Gasteiger charge is -1.97. The number of benzene rings is 1. The molecule has 0 fully saturated rings. The molecule has 0 bridgehead atoms. The van der Waals surface area contributed by atoms with Crippen LogP contribution in [0.5, 0.6) is 0 Å². The van der Waals surface area contributed by atoms with E-state index in [1.54, 1.807) is 0 Å². The minimum Gasteiger partial charge on any atom is -1.00 e. The Kier molecular flexibility index (Phi) is 7.17. The van der Waals surface area contributed by atoms with Crippen molar-refractivity contribution in [1.29, 1.82) is 0 Å². The monoisotopic (exact) mass is 342 g/mol. The Morgan fingerprint density at radius 2 is 1.84 bits per heavy atom. The Morgan fingerprint density at radius 1 is 1.11 bits per heavy atom. The van der Waals surface area contributed by atoms with Crippen molar-refractivity contribution < 1.29 is 21.5 Å². The fourth-order valence-corrected chi connectivity index (χ4v) is 2.14. The summed E-state index contributed by atoms with van der Waals surface area (Å²) in [4.78, 5) is 0. The summed E-state index contributed by atoms with van der Waals surface area (Å²) >= 11 is 5.89. The Hall–Kier alpha value is -0.800. The van der Waals surface area contributed by atoms with E-state index >= 15 is 0 Å². The summed E-state index contributed by atoms with van der Waals surface area (Å²) in [6.07, 6.45) is 11.5. The lowest BCUT2D eigenvalue weighted by atomic mass is 10.2. The molecule has 4 heteroatoms. The molecular weight excluding hydrogens is 324 g/mol. The number of halogens is 2. The molecule has 0 saturated carbocycles. The molecule has 0 amide bonds. The third kappa shape index (κ3) is 5.00. The number of aromatic nitrogens is 2. The van der Waals surface area contributed by atoms with Crippen molar-refractivity contribution in [2.24, 2.45) is 0 Å². The molecule has 2 nitrogen and oxygen atoms in total. The van der Waals surface area contributed by atoms with Crippen molar-refractivity contribution in [3.05, 3.63) is 48.0 Å². The van der Waals surface area contributed by atoms with Gasteiger partial charge in [-0.1, -0.05) is 31.4 Å². The SMILES string of the molecule is CCCCCC[n+]1ccn(-c2ccc(Cl)cc2)c1.[Br-]. The molecule has 104 valence electrons. The van der Waals surface area contributed by atoms with Crippen molar-refractivity contribution in [1.82, 2.24) is 4.57 Å². The average molecular weight is 344 g/mol. The normalized spacial score (nSPS) is 10.2. The van der Waals surface area contributed by atoms with Gasteiger partial charge in [0.1, 0.15) is 18.1 Å². The average Bonchev–Trinajstić information content (AvgIpc) is 2.84. The minimum atomic E-state index is 0. The van der Waals surface area contributed by atoms with E-state index < -0.39 is 0 Å². The molecule has 0 unspecified atom stereocenters. The van der Waals surface area contributed by atoms with Gasteiger partial charge in [-0.15, -0.1) is 0 Å². The van der Waals surface area contributed by atoms with Crippen LogP contribution in [0, 0.1) is 0 Å². The maximum Gasteiger partial charge on any atom is 0.248 e. The van der Waals surface area contributed by atoms with Crippen molar-refractivity contribution in [3.8, 4) is 5.69 Å². The van der Waals surface area contributed by atoms with Gasteiger partial charge in [0.2, 0.25) is 6.33 Å². The molecular formula is C15H20BrClN2. The molecule has 0 atom stereocenters. The number of rotatable bonds is 6. The molecule has 2 rings (SSSR count). The topological polar surface area (TPSA) is 8.81 Å². The number of hydrogen-bond donors (Lipinski definition) is 0. The Balaban J connectivity index is 0.00000180. The predicted molar refractivity (Wildman–Crippen MR) is 75.1 cm³/mol. The summed E-state index contributed by atoms with van der Waals surface area (Å²) in [5.74, 6) is 0. The smallest absolute Gasteiger partial charge is 0.248 e. The maximum atomic E-state index is 5.89. The number of aryl methyl sites for hydroxylation is 1. The van der Waals surface area contributed by atoms with Crippen LogP contribution >= 0.6 is 11.6 Å². The molecule has 0 aliphatic rings. The second-order valence-electron chi connectivity index (χ2n) is 4.60. The Bertz CT molecular complexity index is 479. The van der Waals surface area contributed by atoms with Crippen molar-refractivity contribution in [3.63, 3.8) is 0 Å². The number of unbranched alkanes of at least 4 members (excludes halogenated alkanes) is 3. The fraction of sp³-hybridized carbons (Fsp3) is 0.400. The first-order valence-corrected chi connectivity index (χ1v) is 7.00. The molecule has 19 heavy (non-hydrogen) atoms. The van der Waals surface area contributed by atoms with E-state index in [4.69, 9.17) is 11.6 Å². The van der Waals surface area contributed by atoms with E-state index in [1.807, 2.05) is 24.3 Å². The molecule has 0 N–H and O–H groups in total. The van der Waals surface area contributed by atoms with Gasteiger partial charge >= 0.3 is 0 Å². The predicted octanol–water partition coefficient (Wildman–Crippen LogP) is 1.00. The fourth-order valence-electron chi connectivity index (χ4n) is 2.01. The summed E-state index contributed by atoms with van der Waals surface area (Å²) in [6.45, 7) is 3.34. The van der Waals surface area contributed by atoms with Crippen LogP contribution in [0.3, 0.4) is 0 Å². The highest BCUT2D eigenvalue weighted by Crippen LogP contribution is 2.12. The quantitative estimate of drug-likeness (QED) is 0.547. The number of hydrogen-bond acceptors (Lipinski definition) is 0. The van der Waals surface area contributed by atoms with Crippen LogP contribution in [0.15, 0.2) is 43.0 Å². The maximum absolute atomic E-state index is 5.89. The van der Waals surface area contributed by atoms with Crippen molar-refractivity contribution >= 4 is 11.6 Å². The molecule has 1 aromatic heterocycles. The second kappa shape index (κ2) is 8.39. The van der Waals surface area contributed by atoms with Crippen LogP contribution in [0.4, 0.5) is 0 Å². The van der Waals surface area contributed by atoms with Crippen LogP contribution < -0.4 is 21.5 Å². The highest BCUT2D eigenvalue weighted by Gasteiger charge is 2.05. The zero-order chi connectivity index (χ0) is 12.8. The third-order valence-corrected chi connectivity index (χ3v) is 3.34. The molecule has 1 heterocycles. The summed E-state index contributed by atoms with van der Waals surface area (Å²) in [5, 5.41) is 0.776. The molecule has 0 aliphatic heterocycles. The molecule has 0 spiro atoms. The van der Waals surface area contributed by atoms with Gasteiger partial charge in [-0.2, -0.15) is 0 Å². The highest BCUT2D eigenvalue weighted by molar-refractivity contribution is 6.30. The first-order chi connectivity index (χ1) is 8.79. The van der Waals surface area contributed by atoms with Crippen LogP contribution in [-0.4, -0.2) is 4.57 Å². The molecule has 0 radical (unpaired) electrons. The van der Waals surface area contributed by atoms with Crippen LogP contribution in [-0.2, 0) is 6.54 Å². The van der Waals surface area contributed by atoms with E-state index in [1.165, 1.54) is 25.7 Å². The Labute approximate surface area is 130 Å². The first-order valence-electron chi connectivity index (χ1n) is 6.62. The number of imidazole rings is 1. The van der Waals surface area contributed by atoms with E-state index in [9.17, 15) is 0 Å². The van der Waals surface area contributed by atoms with Crippen LogP contribution in [0.2, 0.25) is 5.02 Å². The van der Waals surface area contributed by atoms with E-state index in [0.29, 0.717) is 0 Å². The van der Waals surface area contributed by atoms with Gasteiger partial charge in [0, 0.05) is 5.02 Å². The lowest BCUT2D eigenvalue weighted by Crippen LogP contribution is -3.00. The summed E-state index contributed by atoms with van der Waals surface area (Å²) in [6, 6.07) is 7.90. The minimum absolute atomic E-state index is 0. The van der Waals surface area contributed by atoms with Gasteiger partial charge < -0.3 is 17.0 Å². The van der Waals surface area contributed by atoms with Gasteiger partial charge in [-0.25, -0.2) is 9.13 Å². The van der Waals surface area contributed by atoms with Gasteiger partial charge in [-0.05, 0) is 37.1 Å². The standard InChI is InChI=1S/C15H20ClN2.BrH/c1-2-3-4-5-10-17-11-12-18(13-17)15-8-6-14(16)7-9-15;/h6-9,11-13H,2-5,10H2,1H3;1H/q+1;/p-1. The first kappa shape index (κ1) is 16.3. The third-order valence-electron chi connectivity index (χ3n) is 3.09. The van der Waals surface area contributed by atoms with Gasteiger partial charge in [-0.3, -0.25) is 0 Å². The van der Waals surface area contributed by atoms with E-state index in [-0.39, 0.29) is 17.0 Å². The molecule has 1 aromatic carbocycles. The molecule has 0 saturated heterocycles. The van der Waals surface area contributed by atoms with Crippen molar-refractivity contribution in [2.75, 3.05) is 0 Å². The molecule has 2 aromatic rings. The highest BCUT2D eigenvalue weighted by atomic mass is 79.9. The van der Waals surface area contributed by atoms with Crippen molar-refractivity contribution in [2.45, 2.75) is 39.2 Å². The van der Waals surface area contributed by atoms with Gasteiger partial charge in [0.25, 0.3) is 0 Å². The molecule has 0 aliphatic carbocycles.